The standard InChI is InChI=1S/C16H24N2O2S/c1-4-7-11(8-5-2)16(19)18-14-12(15(17)21)9-6-10-13(14)20-3/h6,9-11H,4-5,7-8H2,1-3H3,(H2,17,21)(H,18,19). The number of nitrogens with two attached hydrogens (primary N) is 1. The fourth-order valence-corrected chi connectivity index (χ4v) is 2.53. The molecule has 0 heterocycles. The van der Waals surface area contributed by atoms with Gasteiger partial charge in [-0.2, -0.15) is 0 Å². The summed E-state index contributed by atoms with van der Waals surface area (Å²) in [5.41, 5.74) is 6.93. The summed E-state index contributed by atoms with van der Waals surface area (Å²) in [7, 11) is 1.56. The first kappa shape index (κ1) is 17.4. The highest BCUT2D eigenvalue weighted by Crippen LogP contribution is 2.29. The molecule has 0 saturated heterocycles. The largest absolute Gasteiger partial charge is 0.495 e. The molecule has 0 aliphatic carbocycles. The molecule has 0 atom stereocenters. The fourth-order valence-electron chi connectivity index (χ4n) is 2.36. The van der Waals surface area contributed by atoms with Crippen LogP contribution in [0.1, 0.15) is 45.1 Å². The number of anilines is 1. The van der Waals surface area contributed by atoms with Gasteiger partial charge in [-0.3, -0.25) is 4.79 Å². The Labute approximate surface area is 132 Å². The van der Waals surface area contributed by atoms with Crippen LogP contribution in [0.3, 0.4) is 0 Å². The van der Waals surface area contributed by atoms with Gasteiger partial charge in [-0.1, -0.05) is 45.0 Å². The van der Waals surface area contributed by atoms with Crippen molar-refractivity contribution in [2.24, 2.45) is 11.7 Å². The molecule has 1 aromatic rings. The van der Waals surface area contributed by atoms with Gasteiger partial charge >= 0.3 is 0 Å². The number of hydrogen-bond acceptors (Lipinski definition) is 3. The molecular weight excluding hydrogens is 284 g/mol. The summed E-state index contributed by atoms with van der Waals surface area (Å²) < 4.78 is 5.31. The lowest BCUT2D eigenvalue weighted by atomic mass is 9.97. The average Bonchev–Trinajstić information content (AvgIpc) is 2.46. The number of benzene rings is 1. The van der Waals surface area contributed by atoms with Crippen LogP contribution in [-0.2, 0) is 4.79 Å². The Hall–Kier alpha value is -1.62. The Kier molecular flexibility index (Phi) is 7.15. The lowest BCUT2D eigenvalue weighted by Gasteiger charge is -2.18. The number of para-hydroxylation sites is 1. The molecule has 0 aliphatic heterocycles. The van der Waals surface area contributed by atoms with Crippen molar-refractivity contribution in [3.8, 4) is 5.75 Å². The topological polar surface area (TPSA) is 64.3 Å². The van der Waals surface area contributed by atoms with Crippen LogP contribution in [0.4, 0.5) is 5.69 Å². The van der Waals surface area contributed by atoms with E-state index in [2.05, 4.69) is 19.2 Å². The zero-order valence-corrected chi connectivity index (χ0v) is 13.8. The second-order valence-electron chi connectivity index (χ2n) is 5.01. The van der Waals surface area contributed by atoms with Crippen molar-refractivity contribution in [1.29, 1.82) is 0 Å². The summed E-state index contributed by atoms with van der Waals surface area (Å²) in [5, 5.41) is 2.95. The molecule has 4 nitrogen and oxygen atoms in total. The number of amides is 1. The first-order valence-corrected chi connectivity index (χ1v) is 7.73. The number of nitrogens with one attached hydrogen (secondary N) is 1. The van der Waals surface area contributed by atoms with Crippen molar-refractivity contribution in [3.05, 3.63) is 23.8 Å². The van der Waals surface area contributed by atoms with E-state index in [-0.39, 0.29) is 16.8 Å². The van der Waals surface area contributed by atoms with Crippen molar-refractivity contribution in [1.82, 2.24) is 0 Å². The Morgan fingerprint density at radius 1 is 1.33 bits per heavy atom. The average molecular weight is 308 g/mol. The zero-order chi connectivity index (χ0) is 15.8. The Morgan fingerprint density at radius 2 is 1.95 bits per heavy atom. The first-order chi connectivity index (χ1) is 10.0. The Balaban J connectivity index is 3.04. The Morgan fingerprint density at radius 3 is 2.43 bits per heavy atom. The van der Waals surface area contributed by atoms with Crippen LogP contribution in [-0.4, -0.2) is 18.0 Å². The normalized spacial score (nSPS) is 10.5. The van der Waals surface area contributed by atoms with Crippen LogP contribution in [0.15, 0.2) is 18.2 Å². The number of methoxy groups -OCH3 is 1. The van der Waals surface area contributed by atoms with E-state index in [4.69, 9.17) is 22.7 Å². The molecule has 0 saturated carbocycles. The van der Waals surface area contributed by atoms with Gasteiger partial charge in [0, 0.05) is 11.5 Å². The van der Waals surface area contributed by atoms with Crippen molar-refractivity contribution >= 4 is 28.8 Å². The molecular formula is C16H24N2O2S. The summed E-state index contributed by atoms with van der Waals surface area (Å²) >= 11 is 5.05. The van der Waals surface area contributed by atoms with Crippen LogP contribution >= 0.6 is 12.2 Å². The van der Waals surface area contributed by atoms with Gasteiger partial charge in [0.2, 0.25) is 5.91 Å². The molecule has 0 bridgehead atoms. The molecule has 0 radical (unpaired) electrons. The maximum Gasteiger partial charge on any atom is 0.227 e. The predicted molar refractivity (Wildman–Crippen MR) is 90.8 cm³/mol. The van der Waals surface area contributed by atoms with Gasteiger partial charge in [0.05, 0.1) is 12.8 Å². The van der Waals surface area contributed by atoms with E-state index < -0.39 is 0 Å². The minimum atomic E-state index is 0.000648. The van der Waals surface area contributed by atoms with E-state index in [9.17, 15) is 4.79 Å². The minimum Gasteiger partial charge on any atom is -0.495 e. The summed E-state index contributed by atoms with van der Waals surface area (Å²) in [6, 6.07) is 5.37. The third-order valence-electron chi connectivity index (χ3n) is 3.40. The van der Waals surface area contributed by atoms with Gasteiger partial charge in [0.1, 0.15) is 10.7 Å². The predicted octanol–water partition coefficient (Wildman–Crippen LogP) is 3.48. The number of carbonyl (C=O) groups is 1. The lowest BCUT2D eigenvalue weighted by Crippen LogP contribution is -2.25. The number of carbonyl (C=O) groups excluding carboxylic acids is 1. The van der Waals surface area contributed by atoms with E-state index >= 15 is 0 Å². The van der Waals surface area contributed by atoms with Gasteiger partial charge < -0.3 is 15.8 Å². The maximum atomic E-state index is 12.5. The summed E-state index contributed by atoms with van der Waals surface area (Å²) in [4.78, 5) is 12.7. The molecule has 0 aliphatic rings. The third kappa shape index (κ3) is 4.70. The molecule has 3 N–H and O–H groups in total. The number of thiocarbonyl (C=S) groups is 1. The SMILES string of the molecule is CCCC(CCC)C(=O)Nc1c(OC)cccc1C(N)=S. The first-order valence-electron chi connectivity index (χ1n) is 7.32. The Bertz CT molecular complexity index is 497. The molecule has 0 fully saturated rings. The van der Waals surface area contributed by atoms with Gasteiger partial charge in [-0.15, -0.1) is 0 Å². The van der Waals surface area contributed by atoms with Crippen molar-refractivity contribution < 1.29 is 9.53 Å². The second kappa shape index (κ2) is 8.62. The highest BCUT2D eigenvalue weighted by atomic mass is 32.1. The lowest BCUT2D eigenvalue weighted by molar-refractivity contribution is -0.120. The summed E-state index contributed by atoms with van der Waals surface area (Å²) in [6.07, 6.45) is 3.70. The quantitative estimate of drug-likeness (QED) is 0.722. The minimum absolute atomic E-state index is 0.000648. The molecule has 21 heavy (non-hydrogen) atoms. The van der Waals surface area contributed by atoms with Gasteiger partial charge in [0.25, 0.3) is 0 Å². The van der Waals surface area contributed by atoms with E-state index in [0.717, 1.165) is 25.7 Å². The monoisotopic (exact) mass is 308 g/mol. The van der Waals surface area contributed by atoms with Gasteiger partial charge in [-0.25, -0.2) is 0 Å². The van der Waals surface area contributed by atoms with E-state index in [1.54, 1.807) is 25.3 Å². The summed E-state index contributed by atoms with van der Waals surface area (Å²) in [6.45, 7) is 4.17. The highest BCUT2D eigenvalue weighted by molar-refractivity contribution is 7.80. The van der Waals surface area contributed by atoms with Gasteiger partial charge in [-0.05, 0) is 25.0 Å². The van der Waals surface area contributed by atoms with E-state index in [1.807, 2.05) is 0 Å². The fraction of sp³-hybridized carbons (Fsp3) is 0.500. The zero-order valence-electron chi connectivity index (χ0n) is 12.9. The van der Waals surface area contributed by atoms with E-state index in [1.165, 1.54) is 0 Å². The van der Waals surface area contributed by atoms with Crippen molar-refractivity contribution in [2.45, 2.75) is 39.5 Å². The molecule has 5 heteroatoms. The van der Waals surface area contributed by atoms with Crippen LogP contribution in [0.25, 0.3) is 0 Å². The van der Waals surface area contributed by atoms with Crippen LogP contribution < -0.4 is 15.8 Å². The van der Waals surface area contributed by atoms with Crippen molar-refractivity contribution in [3.63, 3.8) is 0 Å². The molecule has 0 spiro atoms. The molecule has 1 aromatic carbocycles. The van der Waals surface area contributed by atoms with Gasteiger partial charge in [0.15, 0.2) is 0 Å². The van der Waals surface area contributed by atoms with Crippen LogP contribution in [0.2, 0.25) is 0 Å². The maximum absolute atomic E-state index is 12.5. The number of hydrogen-bond donors (Lipinski definition) is 2. The number of rotatable bonds is 8. The van der Waals surface area contributed by atoms with Crippen LogP contribution in [0.5, 0.6) is 5.75 Å². The molecule has 0 unspecified atom stereocenters. The smallest absolute Gasteiger partial charge is 0.227 e. The van der Waals surface area contributed by atoms with E-state index in [0.29, 0.717) is 17.0 Å². The third-order valence-corrected chi connectivity index (χ3v) is 3.62. The molecule has 0 aromatic heterocycles. The second-order valence-corrected chi connectivity index (χ2v) is 5.45. The summed E-state index contributed by atoms with van der Waals surface area (Å²) in [5.74, 6) is 0.574. The molecule has 1 amide bonds. The molecule has 116 valence electrons. The van der Waals surface area contributed by atoms with Crippen molar-refractivity contribution in [2.75, 3.05) is 12.4 Å². The highest BCUT2D eigenvalue weighted by Gasteiger charge is 2.20. The van der Waals surface area contributed by atoms with Crippen LogP contribution in [0, 0.1) is 5.92 Å². The molecule has 1 rings (SSSR count). The number of ether oxygens (including phenoxy) is 1.